The first kappa shape index (κ1) is 21.7. The number of benzene rings is 1. The molecule has 0 bridgehead atoms. The zero-order chi connectivity index (χ0) is 20.0. The zero-order valence-corrected chi connectivity index (χ0v) is 17.1. The van der Waals surface area contributed by atoms with E-state index in [2.05, 4.69) is 10.2 Å². The van der Waals surface area contributed by atoms with Gasteiger partial charge in [-0.3, -0.25) is 19.4 Å². The van der Waals surface area contributed by atoms with Crippen LogP contribution in [0.25, 0.3) is 0 Å². The fourth-order valence-electron chi connectivity index (χ4n) is 3.61. The Morgan fingerprint density at radius 1 is 1.26 bits per heavy atom. The van der Waals surface area contributed by atoms with E-state index in [4.69, 9.17) is 16.7 Å². The quantitative estimate of drug-likeness (QED) is 0.742. The van der Waals surface area contributed by atoms with Crippen LogP contribution in [0.4, 0.5) is 0 Å². The molecule has 2 N–H and O–H groups in total. The van der Waals surface area contributed by atoms with Crippen LogP contribution in [0, 0.1) is 0 Å². The third-order valence-corrected chi connectivity index (χ3v) is 5.65. The van der Waals surface area contributed by atoms with Gasteiger partial charge in [-0.2, -0.15) is 0 Å². The zero-order valence-electron chi connectivity index (χ0n) is 16.3. The number of carbonyl (C=O) groups is 2. The van der Waals surface area contributed by atoms with Crippen LogP contribution in [-0.2, 0) is 9.59 Å². The summed E-state index contributed by atoms with van der Waals surface area (Å²) < 4.78 is 0. The fourth-order valence-corrected chi connectivity index (χ4v) is 3.73. The van der Waals surface area contributed by atoms with Crippen LogP contribution in [0.5, 0.6) is 0 Å². The molecular formula is C20H30ClN3O3. The average Bonchev–Trinajstić information content (AvgIpc) is 2.87. The van der Waals surface area contributed by atoms with Crippen molar-refractivity contribution < 1.29 is 14.7 Å². The molecule has 0 radical (unpaired) electrons. The van der Waals surface area contributed by atoms with E-state index in [1.165, 1.54) is 0 Å². The Morgan fingerprint density at radius 3 is 2.56 bits per heavy atom. The molecule has 1 aliphatic heterocycles. The molecule has 3 atom stereocenters. The molecule has 1 saturated heterocycles. The van der Waals surface area contributed by atoms with Gasteiger partial charge in [0.1, 0.15) is 0 Å². The van der Waals surface area contributed by atoms with Crippen LogP contribution in [0.1, 0.15) is 44.7 Å². The van der Waals surface area contributed by atoms with E-state index >= 15 is 0 Å². The first-order valence-electron chi connectivity index (χ1n) is 9.50. The molecule has 1 heterocycles. The highest BCUT2D eigenvalue weighted by atomic mass is 35.5. The molecule has 27 heavy (non-hydrogen) atoms. The summed E-state index contributed by atoms with van der Waals surface area (Å²) in [4.78, 5) is 27.7. The number of amides is 1. The van der Waals surface area contributed by atoms with Gasteiger partial charge in [-0.1, -0.05) is 23.7 Å². The van der Waals surface area contributed by atoms with Crippen LogP contribution >= 0.6 is 11.6 Å². The molecule has 2 rings (SSSR count). The van der Waals surface area contributed by atoms with E-state index in [9.17, 15) is 9.59 Å². The lowest BCUT2D eigenvalue weighted by molar-refractivity contribution is -0.138. The monoisotopic (exact) mass is 395 g/mol. The second kappa shape index (κ2) is 10.1. The predicted octanol–water partition coefficient (Wildman–Crippen LogP) is 2.78. The van der Waals surface area contributed by atoms with Crippen molar-refractivity contribution in [2.45, 2.75) is 51.2 Å². The topological polar surface area (TPSA) is 72.9 Å². The highest BCUT2D eigenvalue weighted by molar-refractivity contribution is 6.30. The third kappa shape index (κ3) is 6.48. The minimum Gasteiger partial charge on any atom is -0.480 e. The summed E-state index contributed by atoms with van der Waals surface area (Å²) in [7, 11) is 1.86. The van der Waals surface area contributed by atoms with Crippen molar-refractivity contribution in [1.29, 1.82) is 0 Å². The summed E-state index contributed by atoms with van der Waals surface area (Å²) in [5, 5.41) is 12.7. The number of halogens is 1. The summed E-state index contributed by atoms with van der Waals surface area (Å²) in [6.45, 7) is 5.59. The number of rotatable bonds is 7. The van der Waals surface area contributed by atoms with Crippen LogP contribution in [0.3, 0.4) is 0 Å². The van der Waals surface area contributed by atoms with E-state index in [0.29, 0.717) is 5.02 Å². The van der Waals surface area contributed by atoms with Gasteiger partial charge < -0.3 is 10.4 Å². The Kier molecular flexibility index (Phi) is 8.07. The Balaban J connectivity index is 1.88. The molecule has 6 nitrogen and oxygen atoms in total. The van der Waals surface area contributed by atoms with Gasteiger partial charge in [0, 0.05) is 17.6 Å². The molecular weight excluding hydrogens is 366 g/mol. The van der Waals surface area contributed by atoms with E-state index in [0.717, 1.165) is 37.9 Å². The smallest absolute Gasteiger partial charge is 0.317 e. The number of hydrogen-bond acceptors (Lipinski definition) is 4. The van der Waals surface area contributed by atoms with E-state index in [-0.39, 0.29) is 30.6 Å². The highest BCUT2D eigenvalue weighted by Gasteiger charge is 2.27. The summed E-state index contributed by atoms with van der Waals surface area (Å²) in [5.74, 6) is -0.794. The number of carboxylic acid groups (broad SMARTS) is 1. The van der Waals surface area contributed by atoms with Crippen molar-refractivity contribution in [3.63, 3.8) is 0 Å². The number of likely N-dealkylation sites (N-methyl/N-ethyl adjacent to an activating group) is 1. The second-order valence-corrected chi connectivity index (χ2v) is 7.82. The Bertz CT molecular complexity index is 638. The van der Waals surface area contributed by atoms with E-state index in [1.807, 2.05) is 50.1 Å². The van der Waals surface area contributed by atoms with Crippen molar-refractivity contribution in [2.24, 2.45) is 0 Å². The normalized spacial score (nSPS) is 20.7. The third-order valence-electron chi connectivity index (χ3n) is 5.40. The summed E-state index contributed by atoms with van der Waals surface area (Å²) in [5.41, 5.74) is 1.02. The number of hydrogen-bond donors (Lipinski definition) is 2. The van der Waals surface area contributed by atoms with Gasteiger partial charge in [-0.25, -0.2) is 0 Å². The van der Waals surface area contributed by atoms with Crippen molar-refractivity contribution in [3.8, 4) is 0 Å². The first-order valence-corrected chi connectivity index (χ1v) is 9.87. The van der Waals surface area contributed by atoms with Gasteiger partial charge in [0.15, 0.2) is 0 Å². The number of nitrogens with one attached hydrogen (secondary N) is 1. The van der Waals surface area contributed by atoms with Crippen LogP contribution in [0.15, 0.2) is 24.3 Å². The lowest BCUT2D eigenvalue weighted by Gasteiger charge is -2.29. The molecule has 150 valence electrons. The molecule has 7 heteroatoms. The van der Waals surface area contributed by atoms with Crippen molar-refractivity contribution in [3.05, 3.63) is 34.9 Å². The van der Waals surface area contributed by atoms with Crippen LogP contribution in [-0.4, -0.2) is 65.5 Å². The highest BCUT2D eigenvalue weighted by Crippen LogP contribution is 2.19. The maximum absolute atomic E-state index is 12.7. The van der Waals surface area contributed by atoms with Gasteiger partial charge in [0.25, 0.3) is 0 Å². The van der Waals surface area contributed by atoms with Gasteiger partial charge in [0.2, 0.25) is 5.91 Å². The molecule has 0 spiro atoms. The van der Waals surface area contributed by atoms with Crippen molar-refractivity contribution >= 4 is 23.5 Å². The van der Waals surface area contributed by atoms with E-state index < -0.39 is 5.97 Å². The lowest BCUT2D eigenvalue weighted by atomic mass is 10.1. The molecule has 1 fully saturated rings. The van der Waals surface area contributed by atoms with Crippen molar-refractivity contribution in [2.75, 3.05) is 26.7 Å². The molecule has 1 aliphatic rings. The lowest BCUT2D eigenvalue weighted by Crippen LogP contribution is -2.46. The SMILES string of the molecule is CC(NC(=O)C(C)N1CCCC(N(C)CC(=O)O)CC1)c1ccc(Cl)cc1. The Labute approximate surface area is 166 Å². The number of aliphatic carboxylic acids is 1. The maximum Gasteiger partial charge on any atom is 0.317 e. The standard InChI is InChI=1S/C20H30ClN3O3/c1-14(16-6-8-17(21)9-7-16)22-20(27)15(2)24-11-4-5-18(10-12-24)23(3)13-19(25)26/h6-9,14-15,18H,4-5,10-13H2,1-3H3,(H,22,27)(H,25,26). The minimum atomic E-state index is -0.803. The fraction of sp³-hybridized carbons (Fsp3) is 0.600. The van der Waals surface area contributed by atoms with Gasteiger partial charge in [-0.15, -0.1) is 0 Å². The number of carbonyl (C=O) groups excluding carboxylic acids is 1. The molecule has 1 aromatic carbocycles. The first-order chi connectivity index (χ1) is 12.8. The largest absolute Gasteiger partial charge is 0.480 e. The summed E-state index contributed by atoms with van der Waals surface area (Å²) in [6.07, 6.45) is 2.78. The second-order valence-electron chi connectivity index (χ2n) is 7.39. The van der Waals surface area contributed by atoms with Crippen LogP contribution in [0.2, 0.25) is 5.02 Å². The van der Waals surface area contributed by atoms with Gasteiger partial charge in [-0.05, 0) is 64.4 Å². The molecule has 0 aromatic heterocycles. The Morgan fingerprint density at radius 2 is 1.93 bits per heavy atom. The predicted molar refractivity (Wildman–Crippen MR) is 107 cm³/mol. The Hall–Kier alpha value is -1.63. The van der Waals surface area contributed by atoms with E-state index in [1.54, 1.807) is 0 Å². The molecule has 0 aliphatic carbocycles. The molecule has 1 amide bonds. The minimum absolute atomic E-state index is 0.00907. The average molecular weight is 396 g/mol. The van der Waals surface area contributed by atoms with Crippen LogP contribution < -0.4 is 5.32 Å². The molecule has 1 aromatic rings. The number of nitrogens with zero attached hydrogens (tertiary/aromatic N) is 2. The number of likely N-dealkylation sites (tertiary alicyclic amines) is 1. The summed E-state index contributed by atoms with van der Waals surface area (Å²) in [6, 6.07) is 7.44. The van der Waals surface area contributed by atoms with Gasteiger partial charge >= 0.3 is 5.97 Å². The van der Waals surface area contributed by atoms with Crippen molar-refractivity contribution in [1.82, 2.24) is 15.1 Å². The molecule has 3 unspecified atom stereocenters. The maximum atomic E-state index is 12.7. The molecule has 0 saturated carbocycles. The number of carboxylic acids is 1. The van der Waals surface area contributed by atoms with Gasteiger partial charge in [0.05, 0.1) is 18.6 Å². The summed E-state index contributed by atoms with van der Waals surface area (Å²) >= 11 is 5.92.